The van der Waals surface area contributed by atoms with Gasteiger partial charge in [0.25, 0.3) is 5.91 Å². The Bertz CT molecular complexity index is 1080. The zero-order chi connectivity index (χ0) is 22.2. The third-order valence-electron chi connectivity index (χ3n) is 5.83. The summed E-state index contributed by atoms with van der Waals surface area (Å²) in [6.07, 6.45) is 2.98. The topological polar surface area (TPSA) is 84.0 Å². The summed E-state index contributed by atoms with van der Waals surface area (Å²) >= 11 is 3.32. The molecular weight excluding hydrogens is 484 g/mol. The fraction of sp³-hybridized carbons (Fsp3) is 0.364. The lowest BCUT2D eigenvalue weighted by Gasteiger charge is -2.32. The van der Waals surface area contributed by atoms with Gasteiger partial charge < -0.3 is 4.74 Å². The summed E-state index contributed by atoms with van der Waals surface area (Å²) in [5.41, 5.74) is 0.408. The highest BCUT2D eigenvalue weighted by Gasteiger charge is 2.49. The Kier molecular flexibility index (Phi) is 6.18. The first kappa shape index (κ1) is 22.0. The van der Waals surface area contributed by atoms with Gasteiger partial charge in [-0.3, -0.25) is 9.59 Å². The Morgan fingerprint density at radius 1 is 1.00 bits per heavy atom. The average molecular weight is 507 g/mol. The van der Waals surface area contributed by atoms with Crippen LogP contribution in [0.4, 0.5) is 5.69 Å². The lowest BCUT2D eigenvalue weighted by atomic mass is 10.2. The first-order valence-corrected chi connectivity index (χ1v) is 12.4. The predicted octanol–water partition coefficient (Wildman–Crippen LogP) is 3.72. The number of benzene rings is 2. The minimum atomic E-state index is -3.96. The molecule has 2 amide bonds. The quantitative estimate of drug-likeness (QED) is 0.557. The van der Waals surface area contributed by atoms with Crippen LogP contribution in [0.2, 0.25) is 0 Å². The lowest BCUT2D eigenvalue weighted by molar-refractivity contribution is -0.122. The van der Waals surface area contributed by atoms with Crippen molar-refractivity contribution in [3.63, 3.8) is 0 Å². The first-order chi connectivity index (χ1) is 14.8. The molecule has 1 aliphatic heterocycles. The third kappa shape index (κ3) is 4.14. The third-order valence-corrected chi connectivity index (χ3v) is 8.34. The number of carbonyl (C=O) groups is 2. The minimum Gasteiger partial charge on any atom is -0.497 e. The largest absolute Gasteiger partial charge is 0.497 e. The van der Waals surface area contributed by atoms with E-state index < -0.39 is 27.9 Å². The fourth-order valence-corrected chi connectivity index (χ4v) is 6.41. The van der Waals surface area contributed by atoms with E-state index in [9.17, 15) is 18.0 Å². The van der Waals surface area contributed by atoms with E-state index in [1.807, 2.05) is 0 Å². The molecule has 1 aliphatic carbocycles. The standard InChI is InChI=1S/C22H23BrN2O5S/c1-30-18-10-8-16(9-11-18)24-21(26)14-20(22(24)27)25(17-4-2-3-5-17)31(28,29)19-12-6-15(23)7-13-19/h6-13,17,20H,2-5,14H2,1H3. The molecule has 1 saturated carbocycles. The van der Waals surface area contributed by atoms with Crippen LogP contribution in [-0.4, -0.2) is 43.7 Å². The molecule has 0 bridgehead atoms. The number of amides is 2. The van der Waals surface area contributed by atoms with E-state index in [2.05, 4.69) is 15.9 Å². The highest BCUT2D eigenvalue weighted by Crippen LogP contribution is 2.36. The summed E-state index contributed by atoms with van der Waals surface area (Å²) in [7, 11) is -2.43. The van der Waals surface area contributed by atoms with E-state index in [1.165, 1.54) is 23.5 Å². The summed E-state index contributed by atoms with van der Waals surface area (Å²) in [6, 6.07) is 11.6. The van der Waals surface area contributed by atoms with Crippen molar-refractivity contribution in [2.45, 2.75) is 49.1 Å². The van der Waals surface area contributed by atoms with Gasteiger partial charge in [0.15, 0.2) is 0 Å². The number of rotatable bonds is 6. The first-order valence-electron chi connectivity index (χ1n) is 10.1. The zero-order valence-electron chi connectivity index (χ0n) is 17.0. The monoisotopic (exact) mass is 506 g/mol. The number of methoxy groups -OCH3 is 1. The molecule has 2 aliphatic rings. The molecule has 9 heteroatoms. The van der Waals surface area contributed by atoms with Crippen LogP contribution in [-0.2, 0) is 19.6 Å². The Morgan fingerprint density at radius 2 is 1.61 bits per heavy atom. The number of anilines is 1. The molecule has 2 aromatic rings. The van der Waals surface area contributed by atoms with Crippen molar-refractivity contribution < 1.29 is 22.7 Å². The lowest BCUT2D eigenvalue weighted by Crippen LogP contribution is -2.49. The molecule has 0 radical (unpaired) electrons. The van der Waals surface area contributed by atoms with Crippen molar-refractivity contribution in [1.29, 1.82) is 0 Å². The Labute approximate surface area is 190 Å². The predicted molar refractivity (Wildman–Crippen MR) is 119 cm³/mol. The van der Waals surface area contributed by atoms with Gasteiger partial charge in [-0.25, -0.2) is 13.3 Å². The van der Waals surface area contributed by atoms with E-state index in [-0.39, 0.29) is 17.4 Å². The number of nitrogens with zero attached hydrogens (tertiary/aromatic N) is 2. The van der Waals surface area contributed by atoms with E-state index >= 15 is 0 Å². The maximum Gasteiger partial charge on any atom is 0.252 e. The summed E-state index contributed by atoms with van der Waals surface area (Å²) in [6.45, 7) is 0. The summed E-state index contributed by atoms with van der Waals surface area (Å²) in [5, 5.41) is 0. The number of halogens is 1. The maximum atomic E-state index is 13.6. The molecule has 2 aromatic carbocycles. The van der Waals surface area contributed by atoms with Crippen molar-refractivity contribution in [2.75, 3.05) is 12.0 Å². The van der Waals surface area contributed by atoms with E-state index in [0.717, 1.165) is 22.2 Å². The van der Waals surface area contributed by atoms with Crippen molar-refractivity contribution in [3.05, 3.63) is 53.0 Å². The van der Waals surface area contributed by atoms with Crippen molar-refractivity contribution in [2.24, 2.45) is 0 Å². The van der Waals surface area contributed by atoms with Crippen LogP contribution >= 0.6 is 15.9 Å². The Hall–Kier alpha value is -2.23. The van der Waals surface area contributed by atoms with Crippen molar-refractivity contribution in [3.8, 4) is 5.75 Å². The van der Waals surface area contributed by atoms with E-state index in [4.69, 9.17) is 4.74 Å². The minimum absolute atomic E-state index is 0.116. The SMILES string of the molecule is COc1ccc(N2C(=O)CC(N(C3CCCC3)S(=O)(=O)c3ccc(Br)cc3)C2=O)cc1. The molecule has 31 heavy (non-hydrogen) atoms. The normalized spacial score (nSPS) is 20.1. The van der Waals surface area contributed by atoms with E-state index in [0.29, 0.717) is 24.3 Å². The van der Waals surface area contributed by atoms with Crippen LogP contribution in [0.25, 0.3) is 0 Å². The number of hydrogen-bond donors (Lipinski definition) is 0. The van der Waals surface area contributed by atoms with E-state index in [1.54, 1.807) is 36.4 Å². The molecule has 4 rings (SSSR count). The zero-order valence-corrected chi connectivity index (χ0v) is 19.4. The average Bonchev–Trinajstić information content (AvgIpc) is 3.37. The number of imide groups is 1. The number of carbonyl (C=O) groups excluding carboxylic acids is 2. The molecule has 164 valence electrons. The smallest absolute Gasteiger partial charge is 0.252 e. The van der Waals surface area contributed by atoms with Gasteiger partial charge in [0.1, 0.15) is 11.8 Å². The Balaban J connectivity index is 1.71. The van der Waals surface area contributed by atoms with Gasteiger partial charge in [-0.2, -0.15) is 4.31 Å². The number of sulfonamides is 1. The Morgan fingerprint density at radius 3 is 2.19 bits per heavy atom. The second-order valence-corrected chi connectivity index (χ2v) is 10.5. The molecule has 2 fully saturated rings. The highest BCUT2D eigenvalue weighted by atomic mass is 79.9. The van der Waals surface area contributed by atoms with Gasteiger partial charge in [0.2, 0.25) is 15.9 Å². The number of ether oxygens (including phenoxy) is 1. The molecule has 1 atom stereocenters. The second-order valence-electron chi connectivity index (χ2n) is 7.71. The van der Waals surface area contributed by atoms with Crippen molar-refractivity contribution >= 4 is 43.5 Å². The van der Waals surface area contributed by atoms with Crippen LogP contribution in [0.3, 0.4) is 0 Å². The molecule has 1 saturated heterocycles. The fourth-order valence-electron chi connectivity index (χ4n) is 4.32. The van der Waals surface area contributed by atoms with Crippen LogP contribution in [0.5, 0.6) is 5.75 Å². The highest BCUT2D eigenvalue weighted by molar-refractivity contribution is 9.10. The van der Waals surface area contributed by atoms with Crippen LogP contribution in [0.15, 0.2) is 57.9 Å². The summed E-state index contributed by atoms with van der Waals surface area (Å²) < 4.78 is 34.4. The second kappa shape index (κ2) is 8.72. The molecule has 0 aromatic heterocycles. The maximum absolute atomic E-state index is 13.6. The molecule has 0 N–H and O–H groups in total. The van der Waals surface area contributed by atoms with Crippen LogP contribution in [0.1, 0.15) is 32.1 Å². The molecule has 1 heterocycles. The molecular formula is C22H23BrN2O5S. The van der Waals surface area contributed by atoms with Crippen molar-refractivity contribution in [1.82, 2.24) is 4.31 Å². The van der Waals surface area contributed by atoms with Gasteiger partial charge in [-0.15, -0.1) is 0 Å². The molecule has 1 unspecified atom stereocenters. The van der Waals surface area contributed by atoms with Gasteiger partial charge >= 0.3 is 0 Å². The summed E-state index contributed by atoms with van der Waals surface area (Å²) in [4.78, 5) is 27.4. The van der Waals surface area contributed by atoms with Gasteiger partial charge in [0, 0.05) is 10.5 Å². The van der Waals surface area contributed by atoms with Gasteiger partial charge in [0.05, 0.1) is 24.1 Å². The van der Waals surface area contributed by atoms with Gasteiger partial charge in [-0.1, -0.05) is 28.8 Å². The molecule has 0 spiro atoms. The summed E-state index contributed by atoms with van der Waals surface area (Å²) in [5.74, 6) is -0.318. The van der Waals surface area contributed by atoms with Gasteiger partial charge in [-0.05, 0) is 61.4 Å². The molecule has 7 nitrogen and oxygen atoms in total. The van der Waals surface area contributed by atoms with Crippen LogP contribution in [0, 0.1) is 0 Å². The number of hydrogen-bond acceptors (Lipinski definition) is 5. The van der Waals surface area contributed by atoms with Crippen LogP contribution < -0.4 is 9.64 Å².